The Morgan fingerprint density at radius 1 is 1.00 bits per heavy atom. The van der Waals surface area contributed by atoms with E-state index in [1.165, 1.54) is 38.5 Å². The summed E-state index contributed by atoms with van der Waals surface area (Å²) in [5, 5.41) is 0.686. The maximum Gasteiger partial charge on any atom is 0.136 e. The van der Waals surface area contributed by atoms with Crippen LogP contribution in [0.15, 0.2) is 47.3 Å². The molecular weight excluding hydrogens is 628 g/mol. The molecule has 0 aromatic rings. The first-order chi connectivity index (χ1) is 21.6. The number of carbonyl (C=O) groups excluding carboxylic acids is 1. The van der Waals surface area contributed by atoms with Crippen LogP contribution in [0.2, 0.25) is 0 Å². The van der Waals surface area contributed by atoms with E-state index in [0.29, 0.717) is 58.0 Å². The molecule has 4 unspecified atom stereocenters. The van der Waals surface area contributed by atoms with Gasteiger partial charge in [0.15, 0.2) is 0 Å². The van der Waals surface area contributed by atoms with Crippen LogP contribution in [-0.4, -0.2) is 17.2 Å². The second-order valence-corrected chi connectivity index (χ2v) is 17.4. The van der Waals surface area contributed by atoms with Gasteiger partial charge in [0.2, 0.25) is 0 Å². The number of hydrogen-bond donors (Lipinski definition) is 0. The minimum absolute atomic E-state index is 0.175. The lowest BCUT2D eigenvalue weighted by Gasteiger charge is -2.36. The van der Waals surface area contributed by atoms with Gasteiger partial charge in [-0.15, -0.1) is 0 Å². The summed E-state index contributed by atoms with van der Waals surface area (Å²) < 4.78 is 5.92. The smallest absolute Gasteiger partial charge is 0.136 e. The number of rotatable bonds is 20. The molecule has 2 nitrogen and oxygen atoms in total. The van der Waals surface area contributed by atoms with Crippen molar-refractivity contribution in [2.24, 2.45) is 52.8 Å². The lowest BCUT2D eigenvalue weighted by atomic mass is 9.68. The van der Waals surface area contributed by atoms with Crippen molar-refractivity contribution in [3.8, 4) is 0 Å². The average Bonchev–Trinajstić information content (AvgIpc) is 3.35. The highest BCUT2D eigenvalue weighted by atomic mass is 79.9. The number of carbonyl (C=O) groups is 1. The fraction of sp³-hybridized carbons (Fsp3) is 0.791. The quantitative estimate of drug-likeness (QED) is 0.0717. The van der Waals surface area contributed by atoms with Crippen LogP contribution in [0.5, 0.6) is 0 Å². The minimum Gasteiger partial charge on any atom is -0.495 e. The summed E-state index contributed by atoms with van der Waals surface area (Å²) in [6, 6.07) is 0. The SMILES string of the molecule is C=C(CBr)O[C@H](C)CCCC1=C(C)[C@H](/C=C(\CCC)CCC(CCC(C)[C@H](C)/C=C/[C@H](C)C(C)C)C(C)(C)C)C2CCC(=O)C2C1. The van der Waals surface area contributed by atoms with Gasteiger partial charge in [-0.3, -0.25) is 4.79 Å². The minimum atomic E-state index is 0.175. The third-order valence-corrected chi connectivity index (χ3v) is 12.5. The number of allylic oxidation sites excluding steroid dienone is 7. The molecule has 3 heteroatoms. The van der Waals surface area contributed by atoms with Crippen molar-refractivity contribution < 1.29 is 9.53 Å². The highest BCUT2D eigenvalue weighted by Gasteiger charge is 2.43. The molecule has 264 valence electrons. The van der Waals surface area contributed by atoms with Gasteiger partial charge in [-0.1, -0.05) is 126 Å². The molecule has 0 bridgehead atoms. The number of hydrogen-bond acceptors (Lipinski definition) is 2. The first kappa shape index (κ1) is 41.1. The summed E-state index contributed by atoms with van der Waals surface area (Å²) in [5.41, 5.74) is 5.06. The van der Waals surface area contributed by atoms with Crippen molar-refractivity contribution in [3.63, 3.8) is 0 Å². The Hall–Kier alpha value is -1.09. The topological polar surface area (TPSA) is 26.3 Å². The zero-order valence-corrected chi connectivity index (χ0v) is 33.6. The third-order valence-electron chi connectivity index (χ3n) is 11.9. The maximum absolute atomic E-state index is 13.1. The molecule has 1 fully saturated rings. The van der Waals surface area contributed by atoms with Crippen LogP contribution in [0.3, 0.4) is 0 Å². The van der Waals surface area contributed by atoms with E-state index >= 15 is 0 Å². The van der Waals surface area contributed by atoms with Crippen LogP contribution in [0.25, 0.3) is 0 Å². The van der Waals surface area contributed by atoms with Crippen LogP contribution in [0.1, 0.15) is 153 Å². The molecule has 0 heterocycles. The van der Waals surface area contributed by atoms with Gasteiger partial charge in [-0.25, -0.2) is 0 Å². The second kappa shape index (κ2) is 19.8. The van der Waals surface area contributed by atoms with E-state index in [2.05, 4.69) is 117 Å². The summed E-state index contributed by atoms with van der Waals surface area (Å²) in [4.78, 5) is 13.1. The largest absolute Gasteiger partial charge is 0.495 e. The summed E-state index contributed by atoms with van der Waals surface area (Å²) >= 11 is 3.44. The Kier molecular flexibility index (Phi) is 17.7. The van der Waals surface area contributed by atoms with Crippen LogP contribution in [0.4, 0.5) is 0 Å². The van der Waals surface area contributed by atoms with Crippen molar-refractivity contribution in [1.82, 2.24) is 0 Å². The van der Waals surface area contributed by atoms with Gasteiger partial charge in [0, 0.05) is 18.3 Å². The highest BCUT2D eigenvalue weighted by molar-refractivity contribution is 9.09. The van der Waals surface area contributed by atoms with Gasteiger partial charge < -0.3 is 4.74 Å². The van der Waals surface area contributed by atoms with Gasteiger partial charge in [0.05, 0.1) is 17.2 Å². The van der Waals surface area contributed by atoms with Crippen molar-refractivity contribution in [1.29, 1.82) is 0 Å². The molecule has 0 saturated heterocycles. The van der Waals surface area contributed by atoms with E-state index in [0.717, 1.165) is 44.3 Å². The van der Waals surface area contributed by atoms with Crippen molar-refractivity contribution >= 4 is 21.7 Å². The lowest BCUT2D eigenvalue weighted by Crippen LogP contribution is -2.28. The molecule has 0 spiro atoms. The maximum atomic E-state index is 13.1. The predicted octanol–water partition coefficient (Wildman–Crippen LogP) is 13.5. The summed E-state index contributed by atoms with van der Waals surface area (Å²) in [7, 11) is 0. The van der Waals surface area contributed by atoms with Gasteiger partial charge in [0.1, 0.15) is 5.78 Å². The average molecular weight is 702 g/mol. The van der Waals surface area contributed by atoms with E-state index < -0.39 is 0 Å². The first-order valence-corrected chi connectivity index (χ1v) is 20.2. The molecular formula is C43H73BrO2. The summed E-state index contributed by atoms with van der Waals surface area (Å²) in [5.74, 6) is 5.86. The molecule has 0 N–H and O–H groups in total. The molecule has 8 atom stereocenters. The fourth-order valence-electron chi connectivity index (χ4n) is 7.86. The third kappa shape index (κ3) is 13.1. The normalized spacial score (nSPS) is 24.3. The molecule has 2 aliphatic carbocycles. The van der Waals surface area contributed by atoms with E-state index in [1.54, 1.807) is 16.7 Å². The molecule has 0 aliphatic heterocycles. The van der Waals surface area contributed by atoms with E-state index in [9.17, 15) is 4.79 Å². The number of ketones is 1. The van der Waals surface area contributed by atoms with E-state index in [4.69, 9.17) is 4.74 Å². The van der Waals surface area contributed by atoms with Gasteiger partial charge in [-0.2, -0.15) is 0 Å². The van der Waals surface area contributed by atoms with Gasteiger partial charge in [0.25, 0.3) is 0 Å². The Morgan fingerprint density at radius 3 is 2.28 bits per heavy atom. The van der Waals surface area contributed by atoms with E-state index in [-0.39, 0.29) is 12.0 Å². The van der Waals surface area contributed by atoms with Gasteiger partial charge in [-0.05, 0) is 119 Å². The molecule has 0 aromatic heterocycles. The standard InChI is InChI=1S/C43H73BrO2/c1-13-15-36(21-23-38(43(10,11)12)22-20-32(6)31(5)19-18-30(4)29(2)3)26-40-35(9)37(27-41-39(40)24-25-42(41)45)17-14-16-33(7)46-34(8)28-44/h18-19,26,29-33,38-41H,8,13-17,20-25,27-28H2,1-7,9-12H3/b19-18+,36-26+/t30-,31+,32?,33+,38?,39?,40-,41?/m0/s1. The lowest BCUT2D eigenvalue weighted by molar-refractivity contribution is -0.121. The molecule has 0 radical (unpaired) electrons. The number of fused-ring (bicyclic) bond motifs is 1. The first-order valence-electron chi connectivity index (χ1n) is 19.1. The highest BCUT2D eigenvalue weighted by Crippen LogP contribution is 2.48. The van der Waals surface area contributed by atoms with Crippen LogP contribution in [-0.2, 0) is 9.53 Å². The second-order valence-electron chi connectivity index (χ2n) is 16.9. The zero-order valence-electron chi connectivity index (χ0n) is 32.0. The van der Waals surface area contributed by atoms with Gasteiger partial charge >= 0.3 is 0 Å². The number of ether oxygens (including phenoxy) is 1. The van der Waals surface area contributed by atoms with Crippen molar-refractivity contribution in [2.45, 2.75) is 159 Å². The van der Waals surface area contributed by atoms with E-state index in [1.807, 2.05) is 0 Å². The molecule has 46 heavy (non-hydrogen) atoms. The monoisotopic (exact) mass is 700 g/mol. The number of Topliss-reactive ketones (excluding diaryl/α,β-unsaturated/α-hetero) is 1. The molecule has 0 aromatic carbocycles. The van der Waals surface area contributed by atoms with Crippen LogP contribution in [0, 0.1) is 52.8 Å². The number of alkyl halides is 1. The van der Waals surface area contributed by atoms with Crippen molar-refractivity contribution in [3.05, 3.63) is 47.3 Å². The Bertz CT molecular complexity index is 1040. The number of halogens is 1. The summed E-state index contributed by atoms with van der Waals surface area (Å²) in [6.45, 7) is 30.0. The molecule has 0 amide bonds. The Morgan fingerprint density at radius 2 is 1.67 bits per heavy atom. The fourth-order valence-corrected chi connectivity index (χ4v) is 8.00. The molecule has 1 saturated carbocycles. The Labute approximate surface area is 294 Å². The predicted molar refractivity (Wildman–Crippen MR) is 205 cm³/mol. The summed E-state index contributed by atoms with van der Waals surface area (Å²) in [6.07, 6.45) is 21.2. The zero-order chi connectivity index (χ0) is 34.6. The van der Waals surface area contributed by atoms with Crippen molar-refractivity contribution in [2.75, 3.05) is 5.33 Å². The van der Waals surface area contributed by atoms with Crippen LogP contribution >= 0.6 is 15.9 Å². The van der Waals surface area contributed by atoms with Crippen LogP contribution < -0.4 is 0 Å². The molecule has 2 aliphatic rings. The molecule has 2 rings (SSSR count). The Balaban J connectivity index is 2.16.